The first-order chi connectivity index (χ1) is 13.0. The Morgan fingerprint density at radius 1 is 1.22 bits per heavy atom. The van der Waals surface area contributed by atoms with Crippen molar-refractivity contribution in [3.63, 3.8) is 0 Å². The zero-order valence-electron chi connectivity index (χ0n) is 15.9. The zero-order valence-corrected chi connectivity index (χ0v) is 15.9. The van der Waals surface area contributed by atoms with Crippen molar-refractivity contribution < 1.29 is 9.66 Å². The molecule has 3 rings (SSSR count). The van der Waals surface area contributed by atoms with E-state index < -0.39 is 4.92 Å². The molecule has 0 amide bonds. The van der Waals surface area contributed by atoms with E-state index in [0.717, 1.165) is 28.4 Å². The molecule has 140 valence electrons. The van der Waals surface area contributed by atoms with E-state index in [4.69, 9.17) is 4.74 Å². The second kappa shape index (κ2) is 8.08. The number of benzene rings is 2. The summed E-state index contributed by atoms with van der Waals surface area (Å²) in [6.07, 6.45) is 4.45. The van der Waals surface area contributed by atoms with Gasteiger partial charge in [-0.25, -0.2) is 0 Å². The van der Waals surface area contributed by atoms with E-state index in [-0.39, 0.29) is 0 Å². The van der Waals surface area contributed by atoms with Crippen LogP contribution < -0.4 is 4.74 Å². The van der Waals surface area contributed by atoms with Crippen LogP contribution in [0.25, 0.3) is 17.0 Å². The molecule has 3 aromatic rings. The van der Waals surface area contributed by atoms with E-state index in [9.17, 15) is 10.1 Å². The molecule has 0 unspecified atom stereocenters. The van der Waals surface area contributed by atoms with E-state index in [1.54, 1.807) is 0 Å². The summed E-state index contributed by atoms with van der Waals surface area (Å²) < 4.78 is 8.18. The topological polar surface area (TPSA) is 57.3 Å². The molecule has 0 aliphatic carbocycles. The van der Waals surface area contributed by atoms with Crippen LogP contribution in [0, 0.1) is 17.0 Å². The third-order valence-electron chi connectivity index (χ3n) is 4.58. The van der Waals surface area contributed by atoms with E-state index in [1.807, 2.05) is 30.5 Å². The number of hydrogen-bond donors (Lipinski definition) is 0. The maximum atomic E-state index is 10.7. The van der Waals surface area contributed by atoms with Crippen LogP contribution >= 0.6 is 0 Å². The van der Waals surface area contributed by atoms with E-state index in [0.29, 0.717) is 19.1 Å². The summed E-state index contributed by atoms with van der Waals surface area (Å²) in [7, 11) is 0. The van der Waals surface area contributed by atoms with Gasteiger partial charge >= 0.3 is 0 Å². The fourth-order valence-corrected chi connectivity index (χ4v) is 3.23. The molecule has 2 aromatic carbocycles. The van der Waals surface area contributed by atoms with Gasteiger partial charge in [-0.05, 0) is 36.1 Å². The molecule has 0 radical (unpaired) electrons. The van der Waals surface area contributed by atoms with E-state index in [2.05, 4.69) is 43.5 Å². The summed E-state index contributed by atoms with van der Waals surface area (Å²) in [5, 5.41) is 11.6. The van der Waals surface area contributed by atoms with Gasteiger partial charge in [-0.15, -0.1) is 0 Å². The highest BCUT2D eigenvalue weighted by Gasteiger charge is 2.10. The monoisotopic (exact) mass is 364 g/mol. The van der Waals surface area contributed by atoms with Crippen molar-refractivity contribution >= 4 is 17.0 Å². The van der Waals surface area contributed by atoms with Gasteiger partial charge in [0.1, 0.15) is 12.4 Å². The molecule has 1 heterocycles. The average Bonchev–Trinajstić information content (AvgIpc) is 2.98. The molecule has 0 spiro atoms. The SMILES string of the molecule is Cc1ccc(C(C)C)c(OCCn2cc(/C=C/[N+](=O)[O-])c3ccccc32)c1. The van der Waals surface area contributed by atoms with Crippen LogP contribution in [0.4, 0.5) is 0 Å². The fraction of sp³-hybridized carbons (Fsp3) is 0.273. The van der Waals surface area contributed by atoms with Gasteiger partial charge in [-0.2, -0.15) is 0 Å². The number of hydrogen-bond acceptors (Lipinski definition) is 3. The minimum atomic E-state index is -0.444. The fourth-order valence-electron chi connectivity index (χ4n) is 3.23. The first kappa shape index (κ1) is 18.7. The lowest BCUT2D eigenvalue weighted by Gasteiger charge is -2.15. The van der Waals surface area contributed by atoms with Crippen molar-refractivity contribution in [2.24, 2.45) is 0 Å². The summed E-state index contributed by atoms with van der Waals surface area (Å²) in [6.45, 7) is 7.57. The van der Waals surface area contributed by atoms with Crippen molar-refractivity contribution in [1.29, 1.82) is 0 Å². The van der Waals surface area contributed by atoms with E-state index >= 15 is 0 Å². The number of ether oxygens (including phenoxy) is 1. The Balaban J connectivity index is 1.80. The van der Waals surface area contributed by atoms with Crippen molar-refractivity contribution in [2.75, 3.05) is 6.61 Å². The lowest BCUT2D eigenvalue weighted by molar-refractivity contribution is -0.400. The molecule has 0 bridgehead atoms. The quantitative estimate of drug-likeness (QED) is 0.417. The van der Waals surface area contributed by atoms with Gasteiger partial charge in [-0.1, -0.05) is 44.2 Å². The third kappa shape index (κ3) is 4.37. The molecule has 5 nitrogen and oxygen atoms in total. The maximum absolute atomic E-state index is 10.7. The van der Waals surface area contributed by atoms with Crippen LogP contribution in [-0.4, -0.2) is 16.1 Å². The third-order valence-corrected chi connectivity index (χ3v) is 4.58. The zero-order chi connectivity index (χ0) is 19.4. The Morgan fingerprint density at radius 3 is 2.74 bits per heavy atom. The van der Waals surface area contributed by atoms with Gasteiger partial charge in [0.15, 0.2) is 0 Å². The Hall–Kier alpha value is -3.08. The van der Waals surface area contributed by atoms with Crippen LogP contribution in [0.1, 0.15) is 36.5 Å². The second-order valence-corrected chi connectivity index (χ2v) is 6.94. The van der Waals surface area contributed by atoms with Crippen molar-refractivity contribution in [3.8, 4) is 5.75 Å². The highest BCUT2D eigenvalue weighted by atomic mass is 16.6. The minimum Gasteiger partial charge on any atom is -0.491 e. The second-order valence-electron chi connectivity index (χ2n) is 6.94. The van der Waals surface area contributed by atoms with Crippen LogP contribution in [0.2, 0.25) is 0 Å². The van der Waals surface area contributed by atoms with Crippen molar-refractivity contribution in [3.05, 3.63) is 81.7 Å². The summed E-state index contributed by atoms with van der Waals surface area (Å²) in [4.78, 5) is 10.2. The highest BCUT2D eigenvalue weighted by molar-refractivity contribution is 5.89. The summed E-state index contributed by atoms with van der Waals surface area (Å²) in [6, 6.07) is 14.2. The van der Waals surface area contributed by atoms with Crippen LogP contribution in [-0.2, 0) is 6.54 Å². The number of aromatic nitrogens is 1. The molecule has 0 saturated heterocycles. The van der Waals surface area contributed by atoms with Crippen LogP contribution in [0.5, 0.6) is 5.75 Å². The molecule has 0 aliphatic heterocycles. The molecule has 0 atom stereocenters. The lowest BCUT2D eigenvalue weighted by Crippen LogP contribution is -2.09. The summed E-state index contributed by atoms with van der Waals surface area (Å²) in [5.74, 6) is 1.32. The van der Waals surface area contributed by atoms with Gasteiger partial charge in [-0.3, -0.25) is 10.1 Å². The predicted octanol–water partition coefficient (Wildman–Crippen LogP) is 5.40. The Kier molecular flexibility index (Phi) is 5.60. The molecular weight excluding hydrogens is 340 g/mol. The molecule has 0 aliphatic rings. The maximum Gasteiger partial charge on any atom is 0.235 e. The van der Waals surface area contributed by atoms with Gasteiger partial charge in [0.2, 0.25) is 6.20 Å². The number of aryl methyl sites for hydroxylation is 1. The lowest BCUT2D eigenvalue weighted by atomic mass is 10.0. The number of para-hydroxylation sites is 1. The Morgan fingerprint density at radius 2 is 2.00 bits per heavy atom. The normalized spacial score (nSPS) is 11.6. The average molecular weight is 364 g/mol. The van der Waals surface area contributed by atoms with Crippen molar-refractivity contribution in [1.82, 2.24) is 4.57 Å². The standard InChI is InChI=1S/C22H24N2O3/c1-16(2)19-9-8-17(3)14-22(19)27-13-12-23-15-18(10-11-24(25)26)20-6-4-5-7-21(20)23/h4-11,14-16H,12-13H2,1-3H3/b11-10+. The number of fused-ring (bicyclic) bond motifs is 1. The van der Waals surface area contributed by atoms with Gasteiger partial charge < -0.3 is 9.30 Å². The van der Waals surface area contributed by atoms with Gasteiger partial charge in [0, 0.05) is 28.7 Å². The summed E-state index contributed by atoms with van der Waals surface area (Å²) >= 11 is 0. The number of nitro groups is 1. The molecule has 5 heteroatoms. The Bertz CT molecular complexity index is 986. The van der Waals surface area contributed by atoms with E-state index in [1.165, 1.54) is 17.2 Å². The molecule has 0 saturated carbocycles. The number of nitrogens with zero attached hydrogens (tertiary/aromatic N) is 2. The molecule has 0 fully saturated rings. The van der Waals surface area contributed by atoms with Gasteiger partial charge in [0.05, 0.1) is 11.5 Å². The molecule has 0 N–H and O–H groups in total. The first-order valence-electron chi connectivity index (χ1n) is 9.08. The van der Waals surface area contributed by atoms with Crippen molar-refractivity contribution in [2.45, 2.75) is 33.2 Å². The largest absolute Gasteiger partial charge is 0.491 e. The predicted molar refractivity (Wildman–Crippen MR) is 109 cm³/mol. The first-order valence-corrected chi connectivity index (χ1v) is 9.08. The smallest absolute Gasteiger partial charge is 0.235 e. The highest BCUT2D eigenvalue weighted by Crippen LogP contribution is 2.28. The van der Waals surface area contributed by atoms with Crippen LogP contribution in [0.3, 0.4) is 0 Å². The molecule has 27 heavy (non-hydrogen) atoms. The number of rotatable bonds is 7. The summed E-state index contributed by atoms with van der Waals surface area (Å²) in [5.41, 5.74) is 4.25. The molecule has 1 aromatic heterocycles. The van der Waals surface area contributed by atoms with Gasteiger partial charge in [0.25, 0.3) is 0 Å². The van der Waals surface area contributed by atoms with Crippen LogP contribution in [0.15, 0.2) is 54.9 Å². The molecular formula is C22H24N2O3. The minimum absolute atomic E-state index is 0.395. The Labute approximate surface area is 159 Å².